The second-order valence-corrected chi connectivity index (χ2v) is 4.41. The molecule has 1 saturated carbocycles. The van der Waals surface area contributed by atoms with E-state index >= 15 is 0 Å². The zero-order chi connectivity index (χ0) is 10.7. The Bertz CT molecular complexity index is 349. The van der Waals surface area contributed by atoms with E-state index in [2.05, 4.69) is 14.7 Å². The number of anilines is 1. The van der Waals surface area contributed by atoms with Gasteiger partial charge in [-0.1, -0.05) is 0 Å². The third-order valence-corrected chi connectivity index (χ3v) is 2.91. The van der Waals surface area contributed by atoms with Gasteiger partial charge in [0.15, 0.2) is 0 Å². The van der Waals surface area contributed by atoms with Gasteiger partial charge in [0.2, 0.25) is 5.13 Å². The molecule has 0 atom stereocenters. The maximum Gasteiger partial charge on any atom is 0.303 e. The summed E-state index contributed by atoms with van der Waals surface area (Å²) in [6.45, 7) is 0.644. The minimum atomic E-state index is -0.757. The number of hydrogen-bond donors (Lipinski definition) is 2. The van der Waals surface area contributed by atoms with Crippen LogP contribution in [0.25, 0.3) is 0 Å². The molecule has 1 fully saturated rings. The molecule has 15 heavy (non-hydrogen) atoms. The molecule has 0 bridgehead atoms. The molecule has 1 heterocycles. The van der Waals surface area contributed by atoms with E-state index in [0.29, 0.717) is 18.9 Å². The Hall–Kier alpha value is -1.17. The molecule has 82 valence electrons. The topological polar surface area (TPSA) is 75.1 Å². The van der Waals surface area contributed by atoms with Gasteiger partial charge in [0.25, 0.3) is 0 Å². The molecule has 0 aliphatic heterocycles. The number of carboxylic acid groups (broad SMARTS) is 1. The van der Waals surface area contributed by atoms with Crippen molar-refractivity contribution < 1.29 is 9.90 Å². The van der Waals surface area contributed by atoms with Gasteiger partial charge in [-0.05, 0) is 19.3 Å². The van der Waals surface area contributed by atoms with E-state index in [4.69, 9.17) is 5.11 Å². The molecule has 0 amide bonds. The number of nitrogens with one attached hydrogen (secondary N) is 1. The zero-order valence-corrected chi connectivity index (χ0v) is 9.09. The number of aliphatic carboxylic acids is 1. The molecule has 2 N–H and O–H groups in total. The first-order valence-electron chi connectivity index (χ1n) is 5.05. The molecular weight excluding hydrogens is 214 g/mol. The Morgan fingerprint density at radius 2 is 2.40 bits per heavy atom. The van der Waals surface area contributed by atoms with Crippen LogP contribution in [0, 0.1) is 0 Å². The second-order valence-electron chi connectivity index (χ2n) is 3.66. The quantitative estimate of drug-likeness (QED) is 0.723. The number of rotatable bonds is 6. The lowest BCUT2D eigenvalue weighted by Gasteiger charge is -1.98. The van der Waals surface area contributed by atoms with Gasteiger partial charge in [-0.25, -0.2) is 4.98 Å². The van der Waals surface area contributed by atoms with Crippen LogP contribution < -0.4 is 5.32 Å². The third kappa shape index (κ3) is 3.16. The summed E-state index contributed by atoms with van der Waals surface area (Å²) >= 11 is 1.36. The predicted octanol–water partition coefficient (Wildman–Crippen LogP) is 1.69. The van der Waals surface area contributed by atoms with Crippen molar-refractivity contribution in [1.29, 1.82) is 0 Å². The summed E-state index contributed by atoms with van der Waals surface area (Å²) in [4.78, 5) is 14.6. The SMILES string of the molecule is O=C(O)CCCNc1nc(C2CC2)ns1. The maximum atomic E-state index is 10.3. The summed E-state index contributed by atoms with van der Waals surface area (Å²) in [5.41, 5.74) is 0. The van der Waals surface area contributed by atoms with Crippen LogP contribution in [-0.2, 0) is 4.79 Å². The van der Waals surface area contributed by atoms with Crippen LogP contribution in [0.4, 0.5) is 5.13 Å². The van der Waals surface area contributed by atoms with Crippen LogP contribution in [-0.4, -0.2) is 27.0 Å². The van der Waals surface area contributed by atoms with E-state index in [0.717, 1.165) is 11.0 Å². The van der Waals surface area contributed by atoms with Crippen LogP contribution in [0.2, 0.25) is 0 Å². The standard InChI is InChI=1S/C9H13N3O2S/c13-7(14)2-1-5-10-9-11-8(12-15-9)6-3-4-6/h6H,1-5H2,(H,13,14)(H,10,11,12). The molecule has 5 nitrogen and oxygen atoms in total. The fourth-order valence-electron chi connectivity index (χ4n) is 1.25. The van der Waals surface area contributed by atoms with Gasteiger partial charge in [-0.15, -0.1) is 0 Å². The second kappa shape index (κ2) is 4.57. The van der Waals surface area contributed by atoms with Crippen LogP contribution in [0.3, 0.4) is 0 Å². The summed E-state index contributed by atoms with van der Waals surface area (Å²) in [7, 11) is 0. The van der Waals surface area contributed by atoms with Crippen molar-refractivity contribution in [2.24, 2.45) is 0 Å². The van der Waals surface area contributed by atoms with E-state index in [-0.39, 0.29) is 6.42 Å². The highest BCUT2D eigenvalue weighted by atomic mass is 32.1. The normalized spacial score (nSPS) is 15.2. The zero-order valence-electron chi connectivity index (χ0n) is 8.27. The van der Waals surface area contributed by atoms with Gasteiger partial charge >= 0.3 is 5.97 Å². The summed E-state index contributed by atoms with van der Waals surface area (Å²) in [6.07, 6.45) is 3.22. The van der Waals surface area contributed by atoms with Gasteiger partial charge in [-0.3, -0.25) is 4.79 Å². The molecule has 0 aromatic carbocycles. The molecule has 6 heteroatoms. The highest BCUT2D eigenvalue weighted by Gasteiger charge is 2.27. The molecule has 2 rings (SSSR count). The van der Waals surface area contributed by atoms with E-state index in [1.165, 1.54) is 24.4 Å². The predicted molar refractivity (Wildman–Crippen MR) is 57.2 cm³/mol. The van der Waals surface area contributed by atoms with Crippen LogP contribution in [0.15, 0.2) is 0 Å². The van der Waals surface area contributed by atoms with E-state index in [1.807, 2.05) is 0 Å². The van der Waals surface area contributed by atoms with Crippen molar-refractivity contribution in [3.63, 3.8) is 0 Å². The lowest BCUT2D eigenvalue weighted by Crippen LogP contribution is -2.04. The van der Waals surface area contributed by atoms with Crippen molar-refractivity contribution in [3.05, 3.63) is 5.82 Å². The first kappa shape index (κ1) is 10.4. The summed E-state index contributed by atoms with van der Waals surface area (Å²) in [5, 5.41) is 12.3. The highest BCUT2D eigenvalue weighted by Crippen LogP contribution is 2.39. The fraction of sp³-hybridized carbons (Fsp3) is 0.667. The Balaban J connectivity index is 1.71. The lowest BCUT2D eigenvalue weighted by atomic mass is 10.3. The van der Waals surface area contributed by atoms with E-state index < -0.39 is 5.97 Å². The molecule has 0 spiro atoms. The molecule has 1 aliphatic rings. The lowest BCUT2D eigenvalue weighted by molar-refractivity contribution is -0.137. The molecule has 0 saturated heterocycles. The summed E-state index contributed by atoms with van der Waals surface area (Å²) in [6, 6.07) is 0. The summed E-state index contributed by atoms with van der Waals surface area (Å²) in [5.74, 6) is 0.768. The monoisotopic (exact) mass is 227 g/mol. The van der Waals surface area contributed by atoms with Gasteiger partial charge < -0.3 is 10.4 Å². The van der Waals surface area contributed by atoms with Gasteiger partial charge in [0, 0.05) is 30.4 Å². The Labute approximate surface area is 91.7 Å². The Morgan fingerprint density at radius 3 is 3.07 bits per heavy atom. The number of aromatic nitrogens is 2. The van der Waals surface area contributed by atoms with Crippen molar-refractivity contribution in [2.75, 3.05) is 11.9 Å². The Morgan fingerprint density at radius 1 is 1.60 bits per heavy atom. The Kier molecular flexibility index (Phi) is 3.15. The van der Waals surface area contributed by atoms with Gasteiger partial charge in [0.1, 0.15) is 5.82 Å². The number of hydrogen-bond acceptors (Lipinski definition) is 5. The minimum absolute atomic E-state index is 0.196. The van der Waals surface area contributed by atoms with Gasteiger partial charge in [-0.2, -0.15) is 4.37 Å². The third-order valence-electron chi connectivity index (χ3n) is 2.23. The van der Waals surface area contributed by atoms with Crippen molar-refractivity contribution >= 4 is 22.6 Å². The summed E-state index contributed by atoms with van der Waals surface area (Å²) < 4.78 is 4.24. The smallest absolute Gasteiger partial charge is 0.303 e. The van der Waals surface area contributed by atoms with Crippen LogP contribution in [0.1, 0.15) is 37.4 Å². The largest absolute Gasteiger partial charge is 0.481 e. The molecule has 1 aliphatic carbocycles. The van der Waals surface area contributed by atoms with E-state index in [9.17, 15) is 4.79 Å². The molecule has 1 aromatic rings. The fourth-order valence-corrected chi connectivity index (χ4v) is 1.92. The van der Waals surface area contributed by atoms with Crippen molar-refractivity contribution in [2.45, 2.75) is 31.6 Å². The average Bonchev–Trinajstić information content (AvgIpc) is 2.94. The first-order chi connectivity index (χ1) is 7.25. The minimum Gasteiger partial charge on any atom is -0.481 e. The molecular formula is C9H13N3O2S. The number of carbonyl (C=O) groups is 1. The van der Waals surface area contributed by atoms with Crippen molar-refractivity contribution in [1.82, 2.24) is 9.36 Å². The van der Waals surface area contributed by atoms with Gasteiger partial charge in [0.05, 0.1) is 0 Å². The molecule has 0 unspecified atom stereocenters. The average molecular weight is 227 g/mol. The first-order valence-corrected chi connectivity index (χ1v) is 5.82. The number of nitrogens with zero attached hydrogens (tertiary/aromatic N) is 2. The molecule has 0 radical (unpaired) electrons. The van der Waals surface area contributed by atoms with Crippen molar-refractivity contribution in [3.8, 4) is 0 Å². The maximum absolute atomic E-state index is 10.3. The molecule has 1 aromatic heterocycles. The highest BCUT2D eigenvalue weighted by molar-refractivity contribution is 7.09. The van der Waals surface area contributed by atoms with Crippen LogP contribution >= 0.6 is 11.5 Å². The number of carboxylic acids is 1. The van der Waals surface area contributed by atoms with Crippen LogP contribution in [0.5, 0.6) is 0 Å². The van der Waals surface area contributed by atoms with E-state index in [1.54, 1.807) is 0 Å².